The average molecular weight is 395 g/mol. The normalized spacial score (nSPS) is 12.1. The predicted octanol–water partition coefficient (Wildman–Crippen LogP) is 9.09. The summed E-state index contributed by atoms with van der Waals surface area (Å²) in [6.07, 6.45) is 28.3. The predicted molar refractivity (Wildman–Crippen MR) is 124 cm³/mol. The highest BCUT2D eigenvalue weighted by Gasteiger charge is 2.16. The summed E-state index contributed by atoms with van der Waals surface area (Å²) in [4.78, 5) is 10.4. The van der Waals surface area contributed by atoms with Crippen molar-refractivity contribution in [3.63, 3.8) is 0 Å². The Bertz CT molecular complexity index is 371. The summed E-state index contributed by atoms with van der Waals surface area (Å²) < 4.78 is 0. The van der Waals surface area contributed by atoms with Gasteiger partial charge >= 0.3 is 5.97 Å². The maximum Gasteiger partial charge on any atom is 0.303 e. The Labute approximate surface area is 176 Å². The van der Waals surface area contributed by atoms with E-state index in [1.807, 2.05) is 0 Å². The first-order chi connectivity index (χ1) is 13.5. The summed E-state index contributed by atoms with van der Waals surface area (Å²) in [5, 5.41) is 8.58. The molecular formula is C26H50O2. The van der Waals surface area contributed by atoms with Gasteiger partial charge in [-0.2, -0.15) is 0 Å². The highest BCUT2D eigenvalue weighted by molar-refractivity contribution is 5.66. The first-order valence-electron chi connectivity index (χ1n) is 12.3. The fourth-order valence-corrected chi connectivity index (χ4v) is 3.86. The standard InChI is InChI=1S/C26H50O2/c1-4-5-20-23-26(2,3)24-21-18-16-14-12-10-8-6-7-9-11-13-15-17-19-22-25(27)28/h6-7H,4-5,8-24H2,1-3H3,(H,27,28)/b7-6-. The number of rotatable bonds is 21. The van der Waals surface area contributed by atoms with Gasteiger partial charge in [0.25, 0.3) is 0 Å². The highest BCUT2D eigenvalue weighted by atomic mass is 16.4. The minimum atomic E-state index is -0.662. The van der Waals surface area contributed by atoms with Crippen molar-refractivity contribution in [1.29, 1.82) is 0 Å². The van der Waals surface area contributed by atoms with E-state index in [9.17, 15) is 4.79 Å². The largest absolute Gasteiger partial charge is 0.481 e. The second-order valence-corrected chi connectivity index (χ2v) is 9.45. The van der Waals surface area contributed by atoms with E-state index in [2.05, 4.69) is 32.9 Å². The van der Waals surface area contributed by atoms with Gasteiger partial charge in [0.2, 0.25) is 0 Å². The van der Waals surface area contributed by atoms with E-state index in [1.165, 1.54) is 103 Å². The van der Waals surface area contributed by atoms with Crippen LogP contribution in [0.2, 0.25) is 0 Å². The molecule has 0 saturated heterocycles. The van der Waals surface area contributed by atoms with Crippen LogP contribution in [0.25, 0.3) is 0 Å². The zero-order chi connectivity index (χ0) is 20.9. The molecule has 0 fully saturated rings. The van der Waals surface area contributed by atoms with E-state index >= 15 is 0 Å². The molecule has 0 rings (SSSR count). The van der Waals surface area contributed by atoms with Crippen molar-refractivity contribution in [3.05, 3.63) is 12.2 Å². The van der Waals surface area contributed by atoms with Crippen molar-refractivity contribution in [2.75, 3.05) is 0 Å². The van der Waals surface area contributed by atoms with Gasteiger partial charge in [-0.3, -0.25) is 4.79 Å². The molecule has 0 aliphatic rings. The van der Waals surface area contributed by atoms with Crippen LogP contribution in [0.4, 0.5) is 0 Å². The van der Waals surface area contributed by atoms with Crippen LogP contribution in [0.15, 0.2) is 12.2 Å². The molecule has 0 aliphatic carbocycles. The Morgan fingerprint density at radius 2 is 1.11 bits per heavy atom. The Kier molecular flexibility index (Phi) is 19.0. The number of aliphatic carboxylic acids is 1. The first-order valence-corrected chi connectivity index (χ1v) is 12.3. The molecule has 28 heavy (non-hydrogen) atoms. The average Bonchev–Trinajstić information content (AvgIpc) is 2.64. The molecule has 2 heteroatoms. The summed E-state index contributed by atoms with van der Waals surface area (Å²) in [7, 11) is 0. The molecule has 0 unspecified atom stereocenters. The van der Waals surface area contributed by atoms with Crippen molar-refractivity contribution in [3.8, 4) is 0 Å². The van der Waals surface area contributed by atoms with E-state index in [4.69, 9.17) is 5.11 Å². The number of carbonyl (C=O) groups is 1. The molecular weight excluding hydrogens is 344 g/mol. The van der Waals surface area contributed by atoms with E-state index in [0.717, 1.165) is 12.8 Å². The molecule has 0 aromatic heterocycles. The summed E-state index contributed by atoms with van der Waals surface area (Å²) in [5.41, 5.74) is 0.554. The Hall–Kier alpha value is -0.790. The molecule has 0 saturated carbocycles. The number of carboxylic acids is 1. The molecule has 0 atom stereocenters. The molecule has 1 N–H and O–H groups in total. The third-order valence-corrected chi connectivity index (χ3v) is 5.86. The lowest BCUT2D eigenvalue weighted by Gasteiger charge is -2.24. The molecule has 0 spiro atoms. The van der Waals surface area contributed by atoms with Gasteiger partial charge in [0.15, 0.2) is 0 Å². The quantitative estimate of drug-likeness (QED) is 0.156. The van der Waals surface area contributed by atoms with Crippen molar-refractivity contribution >= 4 is 5.97 Å². The van der Waals surface area contributed by atoms with Crippen LogP contribution >= 0.6 is 0 Å². The molecule has 0 aromatic rings. The van der Waals surface area contributed by atoms with Crippen molar-refractivity contribution in [1.82, 2.24) is 0 Å². The Morgan fingerprint density at radius 3 is 1.61 bits per heavy atom. The van der Waals surface area contributed by atoms with Crippen molar-refractivity contribution < 1.29 is 9.90 Å². The minimum absolute atomic E-state index is 0.330. The van der Waals surface area contributed by atoms with Gasteiger partial charge in [-0.1, -0.05) is 104 Å². The number of carboxylic acid groups (broad SMARTS) is 1. The summed E-state index contributed by atoms with van der Waals surface area (Å²) in [6, 6.07) is 0. The van der Waals surface area contributed by atoms with Crippen molar-refractivity contribution in [2.45, 2.75) is 143 Å². The fraction of sp³-hybridized carbons (Fsp3) is 0.885. The molecule has 0 aliphatic heterocycles. The molecule has 0 amide bonds. The van der Waals surface area contributed by atoms with Gasteiger partial charge in [-0.25, -0.2) is 0 Å². The lowest BCUT2D eigenvalue weighted by atomic mass is 9.82. The topological polar surface area (TPSA) is 37.3 Å². The van der Waals surface area contributed by atoms with Crippen LogP contribution in [-0.2, 0) is 4.79 Å². The summed E-state index contributed by atoms with van der Waals surface area (Å²) in [5.74, 6) is -0.662. The SMILES string of the molecule is CCCCCC(C)(C)CCCCCCCC/C=C\CCCCCCCC(=O)O. The number of allylic oxidation sites excluding steroid dienone is 2. The van der Waals surface area contributed by atoms with Crippen LogP contribution in [0, 0.1) is 5.41 Å². The second-order valence-electron chi connectivity index (χ2n) is 9.45. The van der Waals surface area contributed by atoms with E-state index in [1.54, 1.807) is 0 Å². The minimum Gasteiger partial charge on any atom is -0.481 e. The molecule has 0 heterocycles. The van der Waals surface area contributed by atoms with Crippen LogP contribution in [0.1, 0.15) is 143 Å². The van der Waals surface area contributed by atoms with Gasteiger partial charge < -0.3 is 5.11 Å². The number of hydrogen-bond donors (Lipinski definition) is 1. The van der Waals surface area contributed by atoms with Crippen LogP contribution < -0.4 is 0 Å². The van der Waals surface area contributed by atoms with Gasteiger partial charge in [0.05, 0.1) is 0 Å². The van der Waals surface area contributed by atoms with E-state index < -0.39 is 5.97 Å². The zero-order valence-corrected chi connectivity index (χ0v) is 19.4. The van der Waals surface area contributed by atoms with E-state index in [0.29, 0.717) is 11.8 Å². The smallest absolute Gasteiger partial charge is 0.303 e. The number of unbranched alkanes of at least 4 members (excludes halogenated alkanes) is 13. The highest BCUT2D eigenvalue weighted by Crippen LogP contribution is 2.30. The van der Waals surface area contributed by atoms with Gasteiger partial charge in [-0.15, -0.1) is 0 Å². The van der Waals surface area contributed by atoms with Crippen LogP contribution in [0.3, 0.4) is 0 Å². The third-order valence-electron chi connectivity index (χ3n) is 5.86. The third kappa shape index (κ3) is 21.5. The first kappa shape index (κ1) is 27.2. The summed E-state index contributed by atoms with van der Waals surface area (Å²) >= 11 is 0. The summed E-state index contributed by atoms with van der Waals surface area (Å²) in [6.45, 7) is 7.20. The van der Waals surface area contributed by atoms with Crippen molar-refractivity contribution in [2.24, 2.45) is 5.41 Å². The second kappa shape index (κ2) is 19.5. The van der Waals surface area contributed by atoms with Crippen LogP contribution in [-0.4, -0.2) is 11.1 Å². The van der Waals surface area contributed by atoms with Gasteiger partial charge in [0, 0.05) is 6.42 Å². The monoisotopic (exact) mass is 394 g/mol. The molecule has 0 bridgehead atoms. The Morgan fingerprint density at radius 1 is 0.679 bits per heavy atom. The molecule has 166 valence electrons. The Balaban J connectivity index is 3.28. The molecule has 0 radical (unpaired) electrons. The maximum atomic E-state index is 10.4. The molecule has 2 nitrogen and oxygen atoms in total. The lowest BCUT2D eigenvalue weighted by Crippen LogP contribution is -2.10. The number of hydrogen-bond acceptors (Lipinski definition) is 1. The molecule has 0 aromatic carbocycles. The lowest BCUT2D eigenvalue weighted by molar-refractivity contribution is -0.137. The van der Waals surface area contributed by atoms with Crippen LogP contribution in [0.5, 0.6) is 0 Å². The zero-order valence-electron chi connectivity index (χ0n) is 19.4. The van der Waals surface area contributed by atoms with E-state index in [-0.39, 0.29) is 0 Å². The maximum absolute atomic E-state index is 10.4. The fourth-order valence-electron chi connectivity index (χ4n) is 3.86. The van der Waals surface area contributed by atoms with Gasteiger partial charge in [0.1, 0.15) is 0 Å². The van der Waals surface area contributed by atoms with Gasteiger partial charge in [-0.05, 0) is 50.4 Å².